The highest BCUT2D eigenvalue weighted by molar-refractivity contribution is 6.04. The highest BCUT2D eigenvalue weighted by atomic mass is 28.2. The van der Waals surface area contributed by atoms with E-state index in [0.29, 0.717) is 10.4 Å². The molecular weight excluding hydrogens is 72.1 g/mol. The summed E-state index contributed by atoms with van der Waals surface area (Å²) in [6.45, 7) is 0. The summed E-state index contributed by atoms with van der Waals surface area (Å²) in [5.41, 5.74) is 0. The molecule has 0 spiro atoms. The monoisotopic (exact) mass is 76.0 g/mol. The van der Waals surface area contributed by atoms with Crippen molar-refractivity contribution in [3.05, 3.63) is 0 Å². The van der Waals surface area contributed by atoms with Crippen LogP contribution in [-0.2, 0) is 0 Å². The van der Waals surface area contributed by atoms with Gasteiger partial charge >= 0.3 is 0 Å². The van der Waals surface area contributed by atoms with Crippen LogP contribution in [0.1, 0.15) is 0 Å². The van der Waals surface area contributed by atoms with Crippen LogP contribution in [0.5, 0.6) is 0 Å². The lowest BCUT2D eigenvalue weighted by molar-refractivity contribution is 0.292. The quantitative estimate of drug-likeness (QED) is 0.227. The van der Waals surface area contributed by atoms with Crippen molar-refractivity contribution in [3.8, 4) is 0 Å². The summed E-state index contributed by atoms with van der Waals surface area (Å²) in [4.78, 5) is 0. The Kier molecular flexibility index (Phi) is 2.37. The standard InChI is InChI=1S/H4N2OSi/c3-1-2-4/h4H3,(H,2,3). The minimum Gasteiger partial charge on any atom is -0.395 e. The predicted molar refractivity (Wildman–Crippen MR) is 16.6 cm³/mol. The Morgan fingerprint density at radius 3 is 2.00 bits per heavy atom. The first-order valence-corrected chi connectivity index (χ1v) is 1.74. The molecule has 0 saturated carbocycles. The third-order valence-corrected chi connectivity index (χ3v) is 0.268. The first-order chi connectivity index (χ1) is 1.91. The topological polar surface area (TPSA) is 45.0 Å². The van der Waals surface area contributed by atoms with Gasteiger partial charge < -0.3 is 5.21 Å². The van der Waals surface area contributed by atoms with Crippen molar-refractivity contribution in [1.82, 2.24) is 0 Å². The molecule has 0 aliphatic rings. The summed E-state index contributed by atoms with van der Waals surface area (Å²) in [5.74, 6) is 0. The first kappa shape index (κ1) is 3.62. The summed E-state index contributed by atoms with van der Waals surface area (Å²) in [7, 11) is 0.598. The normalized spacial score (nSPS) is 10.0. The van der Waals surface area contributed by atoms with Crippen LogP contribution in [0.2, 0.25) is 0 Å². The van der Waals surface area contributed by atoms with Gasteiger partial charge in [-0.1, -0.05) is 0 Å². The summed E-state index contributed by atoms with van der Waals surface area (Å²) in [6, 6.07) is 0. The van der Waals surface area contributed by atoms with Gasteiger partial charge in [0.05, 0.1) is 0 Å². The third-order valence-electron chi connectivity index (χ3n) is 0.0894. The zero-order chi connectivity index (χ0) is 3.41. The summed E-state index contributed by atoms with van der Waals surface area (Å²) in [6.07, 6.45) is 0. The van der Waals surface area contributed by atoms with E-state index in [9.17, 15) is 0 Å². The third kappa shape index (κ3) is 1.62. The maximum absolute atomic E-state index is 7.37. The van der Waals surface area contributed by atoms with E-state index in [1.54, 1.807) is 0 Å². The fourth-order valence-corrected chi connectivity index (χ4v) is 0. The minimum atomic E-state index is 0.598. The van der Waals surface area contributed by atoms with Crippen molar-refractivity contribution in [2.45, 2.75) is 0 Å². The van der Waals surface area contributed by atoms with Crippen LogP contribution in [-0.4, -0.2) is 15.6 Å². The van der Waals surface area contributed by atoms with Crippen molar-refractivity contribution in [2.24, 2.45) is 10.1 Å². The van der Waals surface area contributed by atoms with Crippen LogP contribution in [0.3, 0.4) is 0 Å². The molecule has 1 N–H and O–H groups in total. The van der Waals surface area contributed by atoms with Gasteiger partial charge in [-0.3, -0.25) is 0 Å². The maximum Gasteiger partial charge on any atom is 0.167 e. The number of hydrogen-bond acceptors (Lipinski definition) is 2. The van der Waals surface area contributed by atoms with E-state index in [0.717, 1.165) is 0 Å². The van der Waals surface area contributed by atoms with E-state index < -0.39 is 0 Å². The van der Waals surface area contributed by atoms with Gasteiger partial charge in [0.1, 0.15) is 0 Å². The number of nitrogens with zero attached hydrogens (tertiary/aromatic N) is 2. The van der Waals surface area contributed by atoms with Gasteiger partial charge in [-0.15, -0.1) is 0 Å². The van der Waals surface area contributed by atoms with Gasteiger partial charge in [-0.25, -0.2) is 4.78 Å². The second-order valence-electron chi connectivity index (χ2n) is 0.289. The Bertz CT molecular complexity index is 21.2. The first-order valence-electron chi connectivity index (χ1n) is 0.847. The Balaban J connectivity index is 2.55. The Hall–Kier alpha value is -0.383. The molecule has 0 radical (unpaired) electrons. The van der Waals surface area contributed by atoms with Gasteiger partial charge in [0.25, 0.3) is 0 Å². The molecule has 4 heteroatoms. The molecule has 0 amide bonds. The molecule has 0 unspecified atom stereocenters. The molecule has 0 saturated heterocycles. The summed E-state index contributed by atoms with van der Waals surface area (Å²) >= 11 is 0. The van der Waals surface area contributed by atoms with Crippen molar-refractivity contribution >= 4 is 10.4 Å². The molecule has 3 nitrogen and oxygen atoms in total. The van der Waals surface area contributed by atoms with Gasteiger partial charge in [-0.05, 0) is 0 Å². The highest BCUT2D eigenvalue weighted by Gasteiger charge is 1.33. The lowest BCUT2D eigenvalue weighted by Crippen LogP contribution is -1.43. The van der Waals surface area contributed by atoms with Gasteiger partial charge in [0, 0.05) is 5.28 Å². The molecule has 4 heavy (non-hydrogen) atoms. The lowest BCUT2D eigenvalue weighted by atomic mass is 13.1. The highest BCUT2D eigenvalue weighted by Crippen LogP contribution is 1.45. The molecule has 0 aromatic heterocycles. The molecule has 0 aromatic rings. The van der Waals surface area contributed by atoms with Crippen LogP contribution in [0, 0.1) is 0 Å². The molecule has 0 bridgehead atoms. The number of rotatable bonds is 0. The fourth-order valence-electron chi connectivity index (χ4n) is 0. The lowest BCUT2D eigenvalue weighted by Gasteiger charge is -1.54. The average Bonchev–Trinajstić information content (AvgIpc) is 1.37. The molecule has 0 aliphatic carbocycles. The molecule has 24 valence electrons. The van der Waals surface area contributed by atoms with Crippen LogP contribution in [0.15, 0.2) is 10.1 Å². The SMILES string of the molecule is ON=N[SiH3]. The fraction of sp³-hybridized carbons (Fsp3) is 0. The van der Waals surface area contributed by atoms with Crippen molar-refractivity contribution in [2.75, 3.05) is 0 Å². The van der Waals surface area contributed by atoms with Gasteiger partial charge in [0.2, 0.25) is 0 Å². The molecular formula is H4N2OSi. The molecule has 0 aliphatic heterocycles. The van der Waals surface area contributed by atoms with E-state index in [4.69, 9.17) is 5.21 Å². The Labute approximate surface area is 26.8 Å². The predicted octanol–water partition coefficient (Wildman–Crippen LogP) is -0.892. The van der Waals surface area contributed by atoms with E-state index in [1.165, 1.54) is 0 Å². The second-order valence-corrected chi connectivity index (χ2v) is 0.689. The smallest absolute Gasteiger partial charge is 0.167 e. The van der Waals surface area contributed by atoms with Crippen molar-refractivity contribution in [3.63, 3.8) is 0 Å². The van der Waals surface area contributed by atoms with Crippen LogP contribution in [0.25, 0.3) is 0 Å². The molecule has 0 aromatic carbocycles. The molecule has 0 heterocycles. The summed E-state index contributed by atoms with van der Waals surface area (Å²) < 4.78 is 3.06. The zero-order valence-electron chi connectivity index (χ0n) is 2.34. The molecule has 0 fully saturated rings. The van der Waals surface area contributed by atoms with E-state index >= 15 is 0 Å². The molecule has 0 rings (SSSR count). The van der Waals surface area contributed by atoms with Crippen molar-refractivity contribution in [1.29, 1.82) is 0 Å². The van der Waals surface area contributed by atoms with Crippen LogP contribution in [0.4, 0.5) is 0 Å². The van der Waals surface area contributed by atoms with Gasteiger partial charge in [0.15, 0.2) is 10.4 Å². The van der Waals surface area contributed by atoms with Crippen molar-refractivity contribution < 1.29 is 5.21 Å². The summed E-state index contributed by atoms with van der Waals surface area (Å²) in [5, 5.41) is 9.79. The van der Waals surface area contributed by atoms with E-state index in [2.05, 4.69) is 10.1 Å². The second kappa shape index (κ2) is 2.62. The Morgan fingerprint density at radius 1 is 1.75 bits per heavy atom. The number of hydrogen-bond donors (Lipinski definition) is 1. The zero-order valence-corrected chi connectivity index (χ0v) is 4.34. The van der Waals surface area contributed by atoms with E-state index in [-0.39, 0.29) is 0 Å². The Morgan fingerprint density at radius 2 is 2.00 bits per heavy atom. The van der Waals surface area contributed by atoms with Crippen LogP contribution < -0.4 is 0 Å². The minimum absolute atomic E-state index is 0.598. The molecule has 0 atom stereocenters. The van der Waals surface area contributed by atoms with Gasteiger partial charge in [-0.2, -0.15) is 0 Å². The average molecular weight is 76.1 g/mol. The largest absolute Gasteiger partial charge is 0.395 e. The van der Waals surface area contributed by atoms with E-state index in [1.807, 2.05) is 0 Å². The van der Waals surface area contributed by atoms with Crippen LogP contribution >= 0.6 is 0 Å². The maximum atomic E-state index is 7.37.